The van der Waals surface area contributed by atoms with Crippen molar-refractivity contribution >= 4 is 26.7 Å². The first-order valence-corrected chi connectivity index (χ1v) is 8.36. The van der Waals surface area contributed by atoms with Crippen molar-refractivity contribution in [3.8, 4) is 0 Å². The summed E-state index contributed by atoms with van der Waals surface area (Å²) >= 11 is 3.66. The van der Waals surface area contributed by atoms with Gasteiger partial charge in [0, 0.05) is 11.6 Å². The predicted molar refractivity (Wildman–Crippen MR) is 91.6 cm³/mol. The fraction of sp³-hybridized carbons (Fsp3) is 0.444. The topological polar surface area (TPSA) is 18.5 Å². The van der Waals surface area contributed by atoms with Crippen molar-refractivity contribution in [2.75, 3.05) is 13.7 Å². The SMILES string of the molecule is CCCC(OC)OCCCc1cccc2cccc(Br)c12. The lowest BCUT2D eigenvalue weighted by molar-refractivity contribution is -0.127. The van der Waals surface area contributed by atoms with Crippen LogP contribution in [0.3, 0.4) is 0 Å². The fourth-order valence-electron chi connectivity index (χ4n) is 2.56. The minimum absolute atomic E-state index is 0.0609. The molecule has 114 valence electrons. The van der Waals surface area contributed by atoms with Crippen LogP contribution in [0.15, 0.2) is 40.9 Å². The molecule has 21 heavy (non-hydrogen) atoms. The first-order chi connectivity index (χ1) is 10.3. The van der Waals surface area contributed by atoms with Gasteiger partial charge in [0.15, 0.2) is 6.29 Å². The third kappa shape index (κ3) is 4.53. The van der Waals surface area contributed by atoms with Crippen molar-refractivity contribution in [1.82, 2.24) is 0 Å². The van der Waals surface area contributed by atoms with Crippen molar-refractivity contribution in [2.24, 2.45) is 0 Å². The lowest BCUT2D eigenvalue weighted by Crippen LogP contribution is -2.15. The van der Waals surface area contributed by atoms with Gasteiger partial charge in [-0.05, 0) is 41.7 Å². The molecule has 0 amide bonds. The van der Waals surface area contributed by atoms with Crippen molar-refractivity contribution in [3.63, 3.8) is 0 Å². The Labute approximate surface area is 135 Å². The van der Waals surface area contributed by atoms with Crippen molar-refractivity contribution in [3.05, 3.63) is 46.4 Å². The number of halogens is 1. The van der Waals surface area contributed by atoms with E-state index in [-0.39, 0.29) is 6.29 Å². The quantitative estimate of drug-likeness (QED) is 0.473. The normalized spacial score (nSPS) is 12.7. The molecule has 0 saturated heterocycles. The Kier molecular flexibility index (Phi) is 6.68. The molecule has 0 N–H and O–H groups in total. The molecule has 0 aliphatic heterocycles. The van der Waals surface area contributed by atoms with Crippen molar-refractivity contribution < 1.29 is 9.47 Å². The average Bonchev–Trinajstić information content (AvgIpc) is 2.50. The zero-order valence-electron chi connectivity index (χ0n) is 12.8. The van der Waals surface area contributed by atoms with Gasteiger partial charge in [0.05, 0.1) is 6.61 Å². The van der Waals surface area contributed by atoms with Gasteiger partial charge in [-0.2, -0.15) is 0 Å². The number of aryl methyl sites for hydroxylation is 1. The van der Waals surface area contributed by atoms with Gasteiger partial charge in [0.1, 0.15) is 0 Å². The third-order valence-corrected chi connectivity index (χ3v) is 4.28. The van der Waals surface area contributed by atoms with E-state index in [4.69, 9.17) is 9.47 Å². The highest BCUT2D eigenvalue weighted by molar-refractivity contribution is 9.10. The van der Waals surface area contributed by atoms with Gasteiger partial charge in [0.25, 0.3) is 0 Å². The van der Waals surface area contributed by atoms with Crippen LogP contribution >= 0.6 is 15.9 Å². The highest BCUT2D eigenvalue weighted by Gasteiger charge is 2.07. The van der Waals surface area contributed by atoms with Crippen LogP contribution in [0.4, 0.5) is 0 Å². The second-order valence-corrected chi connectivity index (χ2v) is 6.04. The van der Waals surface area contributed by atoms with Gasteiger partial charge in [-0.3, -0.25) is 0 Å². The maximum absolute atomic E-state index is 5.76. The molecule has 2 aromatic rings. The van der Waals surface area contributed by atoms with Crippen LogP contribution in [0.25, 0.3) is 10.8 Å². The number of ether oxygens (including phenoxy) is 2. The molecule has 0 aromatic heterocycles. The average molecular weight is 351 g/mol. The molecule has 0 radical (unpaired) electrons. The molecular weight excluding hydrogens is 328 g/mol. The van der Waals surface area contributed by atoms with E-state index in [0.717, 1.165) is 36.8 Å². The molecule has 0 saturated carbocycles. The summed E-state index contributed by atoms with van der Waals surface area (Å²) in [6.07, 6.45) is 3.99. The van der Waals surface area contributed by atoms with Gasteiger partial charge in [-0.1, -0.05) is 59.6 Å². The molecule has 0 heterocycles. The zero-order chi connectivity index (χ0) is 15.1. The summed E-state index contributed by atoms with van der Waals surface area (Å²) in [6, 6.07) is 12.8. The van der Waals surface area contributed by atoms with Gasteiger partial charge < -0.3 is 9.47 Å². The number of fused-ring (bicyclic) bond motifs is 1. The van der Waals surface area contributed by atoms with Crippen LogP contribution in [0.1, 0.15) is 31.7 Å². The van der Waals surface area contributed by atoms with E-state index in [9.17, 15) is 0 Å². The summed E-state index contributed by atoms with van der Waals surface area (Å²) in [7, 11) is 1.71. The monoisotopic (exact) mass is 350 g/mol. The third-order valence-electron chi connectivity index (χ3n) is 3.62. The Morgan fingerprint density at radius 1 is 1.14 bits per heavy atom. The fourth-order valence-corrected chi connectivity index (χ4v) is 3.20. The summed E-state index contributed by atoms with van der Waals surface area (Å²) in [5, 5.41) is 2.60. The van der Waals surface area contributed by atoms with Gasteiger partial charge in [-0.15, -0.1) is 0 Å². The smallest absolute Gasteiger partial charge is 0.157 e. The van der Waals surface area contributed by atoms with Crippen LogP contribution in [0.5, 0.6) is 0 Å². The highest BCUT2D eigenvalue weighted by atomic mass is 79.9. The van der Waals surface area contributed by atoms with Crippen LogP contribution in [-0.4, -0.2) is 20.0 Å². The molecule has 2 nitrogen and oxygen atoms in total. The number of hydrogen-bond acceptors (Lipinski definition) is 2. The first kappa shape index (κ1) is 16.5. The molecule has 3 heteroatoms. The summed E-state index contributed by atoms with van der Waals surface area (Å²) in [5.74, 6) is 0. The van der Waals surface area contributed by atoms with E-state index >= 15 is 0 Å². The summed E-state index contributed by atoms with van der Waals surface area (Å²) in [6.45, 7) is 2.88. The van der Waals surface area contributed by atoms with Crippen molar-refractivity contribution in [2.45, 2.75) is 38.9 Å². The number of hydrogen-bond donors (Lipinski definition) is 0. The molecule has 0 bridgehead atoms. The van der Waals surface area contributed by atoms with Gasteiger partial charge >= 0.3 is 0 Å². The number of methoxy groups -OCH3 is 1. The largest absolute Gasteiger partial charge is 0.356 e. The molecule has 1 atom stereocenters. The molecule has 0 aliphatic rings. The predicted octanol–water partition coefficient (Wildman–Crippen LogP) is 5.32. The molecule has 2 aromatic carbocycles. The first-order valence-electron chi connectivity index (χ1n) is 7.56. The maximum Gasteiger partial charge on any atom is 0.157 e. The van der Waals surface area contributed by atoms with E-state index in [0.29, 0.717) is 0 Å². The van der Waals surface area contributed by atoms with E-state index in [1.54, 1.807) is 7.11 Å². The highest BCUT2D eigenvalue weighted by Crippen LogP contribution is 2.28. The zero-order valence-corrected chi connectivity index (χ0v) is 14.4. The molecular formula is C18H23BrO2. The maximum atomic E-state index is 5.76. The molecule has 0 fully saturated rings. The Hall–Kier alpha value is -0.900. The van der Waals surface area contributed by atoms with Crippen LogP contribution < -0.4 is 0 Å². The van der Waals surface area contributed by atoms with Gasteiger partial charge in [-0.25, -0.2) is 0 Å². The second kappa shape index (κ2) is 8.52. The second-order valence-electron chi connectivity index (χ2n) is 5.18. The van der Waals surface area contributed by atoms with Crippen molar-refractivity contribution in [1.29, 1.82) is 0 Å². The summed E-state index contributed by atoms with van der Waals surface area (Å²) in [5.41, 5.74) is 1.37. The number of benzene rings is 2. The van der Waals surface area contributed by atoms with E-state index in [1.165, 1.54) is 16.3 Å². The van der Waals surface area contributed by atoms with E-state index in [1.807, 2.05) is 0 Å². The van der Waals surface area contributed by atoms with Crippen LogP contribution in [0.2, 0.25) is 0 Å². The number of rotatable bonds is 8. The van der Waals surface area contributed by atoms with E-state index < -0.39 is 0 Å². The lowest BCUT2D eigenvalue weighted by atomic mass is 10.0. The molecule has 2 rings (SSSR count). The lowest BCUT2D eigenvalue weighted by Gasteiger charge is -2.15. The van der Waals surface area contributed by atoms with E-state index in [2.05, 4.69) is 59.3 Å². The van der Waals surface area contributed by atoms with Crippen LogP contribution in [-0.2, 0) is 15.9 Å². The minimum Gasteiger partial charge on any atom is -0.356 e. The summed E-state index contributed by atoms with van der Waals surface area (Å²) < 4.78 is 12.2. The standard InChI is InChI=1S/C18H23BrO2/c1-3-7-17(20-2)21-13-6-11-15-9-4-8-14-10-5-12-16(19)18(14)15/h4-5,8-10,12,17H,3,6-7,11,13H2,1-2H3. The van der Waals surface area contributed by atoms with Gasteiger partial charge in [0.2, 0.25) is 0 Å². The molecule has 0 spiro atoms. The Morgan fingerprint density at radius 2 is 1.90 bits per heavy atom. The Bertz CT molecular complexity index is 563. The summed E-state index contributed by atoms with van der Waals surface area (Å²) in [4.78, 5) is 0. The molecule has 1 unspecified atom stereocenters. The van der Waals surface area contributed by atoms with Crippen LogP contribution in [0, 0.1) is 0 Å². The Balaban J connectivity index is 1.95. The Morgan fingerprint density at radius 3 is 2.62 bits per heavy atom. The molecule has 0 aliphatic carbocycles. The minimum atomic E-state index is -0.0609.